The van der Waals surface area contributed by atoms with Crippen LogP contribution in [0.25, 0.3) is 10.9 Å². The molecule has 1 fully saturated rings. The van der Waals surface area contributed by atoms with E-state index in [2.05, 4.69) is 4.98 Å². The van der Waals surface area contributed by atoms with Crippen molar-refractivity contribution >= 4 is 34.7 Å². The molecule has 0 aliphatic carbocycles. The zero-order chi connectivity index (χ0) is 19.0. The molecule has 1 aromatic carbocycles. The second-order valence-corrected chi connectivity index (χ2v) is 5.79. The molecule has 0 saturated carbocycles. The van der Waals surface area contributed by atoms with E-state index in [1.54, 1.807) is 26.0 Å². The molecule has 0 N–H and O–H groups in total. The number of fused-ring (bicyclic) bond motifs is 1. The van der Waals surface area contributed by atoms with Crippen molar-refractivity contribution in [3.63, 3.8) is 0 Å². The predicted octanol–water partition coefficient (Wildman–Crippen LogP) is 1.64. The maximum Gasteiger partial charge on any atom is 0.340 e. The van der Waals surface area contributed by atoms with E-state index in [0.717, 1.165) is 15.2 Å². The molecule has 2 heterocycles. The van der Waals surface area contributed by atoms with Crippen molar-refractivity contribution in [2.24, 2.45) is 0 Å². The zero-order valence-corrected chi connectivity index (χ0v) is 14.6. The van der Waals surface area contributed by atoms with Gasteiger partial charge in [-0.1, -0.05) is 18.2 Å². The molecule has 4 amide bonds. The van der Waals surface area contributed by atoms with Crippen LogP contribution in [0.3, 0.4) is 0 Å². The number of likely N-dealkylation sites (N-methyl/N-ethyl adjacent to an activating group) is 1. The summed E-state index contributed by atoms with van der Waals surface area (Å²) < 4.78 is 4.84. The normalized spacial score (nSPS) is 14.5. The number of carbonyl (C=O) groups is 4. The first kappa shape index (κ1) is 17.5. The Bertz CT molecular complexity index is 953. The van der Waals surface area contributed by atoms with Crippen LogP contribution in [0.1, 0.15) is 28.5 Å². The van der Waals surface area contributed by atoms with Crippen LogP contribution in [0.5, 0.6) is 0 Å². The predicted molar refractivity (Wildman–Crippen MR) is 91.2 cm³/mol. The van der Waals surface area contributed by atoms with E-state index < -0.39 is 23.8 Å². The third-order valence-electron chi connectivity index (χ3n) is 4.38. The summed E-state index contributed by atoms with van der Waals surface area (Å²) in [5.41, 5.74) is 1.65. The van der Waals surface area contributed by atoms with Gasteiger partial charge in [-0.25, -0.2) is 19.5 Å². The van der Waals surface area contributed by atoms with Gasteiger partial charge in [0, 0.05) is 11.9 Å². The standard InChI is InChI=1S/C18H17N3O5/c1-4-20-15(22)16(23)21(18(20)25)9-13-14(17(24)26-3)10(2)11-7-5-6-8-12(11)19-13/h5-8H,4,9H2,1-3H3. The van der Waals surface area contributed by atoms with Crippen LogP contribution in [-0.2, 0) is 20.9 Å². The monoisotopic (exact) mass is 355 g/mol. The van der Waals surface area contributed by atoms with Gasteiger partial charge in [0.1, 0.15) is 0 Å². The van der Waals surface area contributed by atoms with Crippen molar-refractivity contribution in [1.29, 1.82) is 0 Å². The number of amides is 4. The van der Waals surface area contributed by atoms with E-state index in [0.29, 0.717) is 11.1 Å². The Morgan fingerprint density at radius 2 is 1.77 bits per heavy atom. The number of carbonyl (C=O) groups excluding carboxylic acids is 4. The van der Waals surface area contributed by atoms with Crippen LogP contribution in [0.2, 0.25) is 0 Å². The molecule has 1 aliphatic rings. The van der Waals surface area contributed by atoms with Crippen LogP contribution in [0.4, 0.5) is 4.79 Å². The van der Waals surface area contributed by atoms with Crippen molar-refractivity contribution in [2.45, 2.75) is 20.4 Å². The number of para-hydroxylation sites is 1. The first-order valence-corrected chi connectivity index (χ1v) is 8.04. The number of hydrogen-bond donors (Lipinski definition) is 0. The summed E-state index contributed by atoms with van der Waals surface area (Å²) in [6, 6.07) is 6.49. The maximum atomic E-state index is 12.3. The fourth-order valence-electron chi connectivity index (χ4n) is 3.05. The highest BCUT2D eigenvalue weighted by Crippen LogP contribution is 2.26. The van der Waals surface area contributed by atoms with Crippen LogP contribution in [-0.4, -0.2) is 52.3 Å². The summed E-state index contributed by atoms with van der Waals surface area (Å²) in [5, 5.41) is 0.766. The highest BCUT2D eigenvalue weighted by molar-refractivity contribution is 6.44. The number of urea groups is 1. The first-order valence-electron chi connectivity index (χ1n) is 8.04. The van der Waals surface area contributed by atoms with Gasteiger partial charge in [-0.05, 0) is 25.5 Å². The topological polar surface area (TPSA) is 96.9 Å². The Morgan fingerprint density at radius 3 is 2.38 bits per heavy atom. The molecular weight excluding hydrogens is 338 g/mol. The average molecular weight is 355 g/mol. The van der Waals surface area contributed by atoms with Crippen molar-refractivity contribution in [1.82, 2.24) is 14.8 Å². The van der Waals surface area contributed by atoms with Crippen molar-refractivity contribution < 1.29 is 23.9 Å². The molecule has 0 spiro atoms. The average Bonchev–Trinajstić information content (AvgIpc) is 2.84. The number of imide groups is 2. The summed E-state index contributed by atoms with van der Waals surface area (Å²) in [5.74, 6) is -2.43. The number of aromatic nitrogens is 1. The van der Waals surface area contributed by atoms with Crippen molar-refractivity contribution in [2.75, 3.05) is 13.7 Å². The van der Waals surface area contributed by atoms with Gasteiger partial charge in [-0.15, -0.1) is 0 Å². The van der Waals surface area contributed by atoms with E-state index in [9.17, 15) is 19.2 Å². The quantitative estimate of drug-likeness (QED) is 0.470. The number of methoxy groups -OCH3 is 1. The van der Waals surface area contributed by atoms with E-state index in [-0.39, 0.29) is 24.3 Å². The number of benzene rings is 1. The molecule has 26 heavy (non-hydrogen) atoms. The molecule has 0 radical (unpaired) electrons. The minimum Gasteiger partial charge on any atom is -0.465 e. The van der Waals surface area contributed by atoms with E-state index in [1.165, 1.54) is 7.11 Å². The molecule has 3 rings (SSSR count). The summed E-state index contributed by atoms with van der Waals surface area (Å²) >= 11 is 0. The first-order chi connectivity index (χ1) is 12.4. The lowest BCUT2D eigenvalue weighted by Crippen LogP contribution is -2.33. The highest BCUT2D eigenvalue weighted by atomic mass is 16.5. The molecule has 1 aromatic heterocycles. The van der Waals surface area contributed by atoms with Gasteiger partial charge in [-0.2, -0.15) is 0 Å². The van der Waals surface area contributed by atoms with Crippen LogP contribution in [0.15, 0.2) is 24.3 Å². The second kappa shape index (κ2) is 6.55. The van der Waals surface area contributed by atoms with Gasteiger partial charge >= 0.3 is 23.8 Å². The van der Waals surface area contributed by atoms with E-state index in [1.807, 2.05) is 12.1 Å². The van der Waals surface area contributed by atoms with Crippen LogP contribution < -0.4 is 0 Å². The SMILES string of the molecule is CCN1C(=O)C(=O)N(Cc2nc3ccccc3c(C)c2C(=O)OC)C1=O. The fraction of sp³-hybridized carbons (Fsp3) is 0.278. The Morgan fingerprint density at radius 1 is 1.12 bits per heavy atom. The Labute approximate surface area is 149 Å². The van der Waals surface area contributed by atoms with Crippen LogP contribution in [0, 0.1) is 6.92 Å². The number of hydrogen-bond acceptors (Lipinski definition) is 6. The second-order valence-electron chi connectivity index (χ2n) is 5.79. The van der Waals surface area contributed by atoms with E-state index >= 15 is 0 Å². The number of ether oxygens (including phenoxy) is 1. The number of rotatable bonds is 4. The zero-order valence-electron chi connectivity index (χ0n) is 14.6. The molecule has 134 valence electrons. The number of pyridine rings is 1. The molecule has 2 aromatic rings. The lowest BCUT2D eigenvalue weighted by molar-refractivity contribution is -0.143. The minimum absolute atomic E-state index is 0.0912. The summed E-state index contributed by atoms with van der Waals surface area (Å²) in [6.07, 6.45) is 0. The molecule has 0 atom stereocenters. The molecule has 0 bridgehead atoms. The molecule has 0 unspecified atom stereocenters. The molecule has 1 saturated heterocycles. The van der Waals surface area contributed by atoms with Crippen molar-refractivity contribution in [3.05, 3.63) is 41.1 Å². The van der Waals surface area contributed by atoms with Gasteiger partial charge in [0.25, 0.3) is 0 Å². The Kier molecular flexibility index (Phi) is 4.41. The summed E-state index contributed by atoms with van der Waals surface area (Å²) in [4.78, 5) is 54.8. The maximum absolute atomic E-state index is 12.3. The molecule has 8 nitrogen and oxygen atoms in total. The van der Waals surface area contributed by atoms with Gasteiger partial charge in [0.15, 0.2) is 0 Å². The third-order valence-corrected chi connectivity index (χ3v) is 4.38. The van der Waals surface area contributed by atoms with E-state index in [4.69, 9.17) is 4.74 Å². The lowest BCUT2D eigenvalue weighted by Gasteiger charge is -2.17. The third kappa shape index (κ3) is 2.59. The summed E-state index contributed by atoms with van der Waals surface area (Å²) in [6.45, 7) is 3.16. The molecule has 8 heteroatoms. The van der Waals surface area contributed by atoms with Gasteiger partial charge in [-0.3, -0.25) is 14.5 Å². The van der Waals surface area contributed by atoms with Crippen LogP contribution >= 0.6 is 0 Å². The lowest BCUT2D eigenvalue weighted by atomic mass is 10.0. The molecule has 1 aliphatic heterocycles. The Balaban J connectivity index is 2.13. The van der Waals surface area contributed by atoms with Gasteiger partial charge in [0.05, 0.1) is 30.4 Å². The number of aryl methyl sites for hydroxylation is 1. The number of nitrogens with zero attached hydrogens (tertiary/aromatic N) is 3. The number of esters is 1. The fourth-order valence-corrected chi connectivity index (χ4v) is 3.05. The van der Waals surface area contributed by atoms with Gasteiger partial charge < -0.3 is 4.74 Å². The minimum atomic E-state index is -0.930. The van der Waals surface area contributed by atoms with Crippen molar-refractivity contribution in [3.8, 4) is 0 Å². The molecular formula is C18H17N3O5. The smallest absolute Gasteiger partial charge is 0.340 e. The Hall–Kier alpha value is -3.29. The largest absolute Gasteiger partial charge is 0.465 e. The highest BCUT2D eigenvalue weighted by Gasteiger charge is 2.44. The summed E-state index contributed by atoms with van der Waals surface area (Å²) in [7, 11) is 1.25. The van der Waals surface area contributed by atoms with Gasteiger partial charge in [0.2, 0.25) is 0 Å².